The number of carbonyl (C=O) groups is 3. The summed E-state index contributed by atoms with van der Waals surface area (Å²) in [6.07, 6.45) is 1.44. The summed E-state index contributed by atoms with van der Waals surface area (Å²) < 4.78 is 0. The molecular formula is C10H17N3O4. The molecule has 7 nitrogen and oxygen atoms in total. The van der Waals surface area contributed by atoms with Gasteiger partial charge in [0.15, 0.2) is 0 Å². The molecule has 0 spiro atoms. The van der Waals surface area contributed by atoms with Crippen LogP contribution in [0, 0.1) is 0 Å². The molecule has 3 N–H and O–H groups in total. The van der Waals surface area contributed by atoms with Gasteiger partial charge in [-0.3, -0.25) is 9.59 Å². The Labute approximate surface area is 99.5 Å². The number of rotatable bonds is 7. The first kappa shape index (κ1) is 14.9. The Morgan fingerprint density at radius 3 is 2.35 bits per heavy atom. The van der Waals surface area contributed by atoms with Gasteiger partial charge in [0.1, 0.15) is 6.54 Å². The number of carbonyl (C=O) groups excluding carboxylic acids is 2. The number of carboxylic acid groups (broad SMARTS) is 1. The van der Waals surface area contributed by atoms with Crippen LogP contribution >= 0.6 is 0 Å². The van der Waals surface area contributed by atoms with Gasteiger partial charge in [0.05, 0.1) is 0 Å². The lowest BCUT2D eigenvalue weighted by Crippen LogP contribution is -2.45. The fourth-order valence-electron chi connectivity index (χ4n) is 1.06. The molecule has 0 atom stereocenters. The second-order valence-electron chi connectivity index (χ2n) is 3.28. The van der Waals surface area contributed by atoms with Gasteiger partial charge in [-0.25, -0.2) is 4.79 Å². The Hall–Kier alpha value is -2.05. The molecule has 3 amide bonds. The summed E-state index contributed by atoms with van der Waals surface area (Å²) in [7, 11) is 0. The highest BCUT2D eigenvalue weighted by Gasteiger charge is 2.14. The van der Waals surface area contributed by atoms with Crippen LogP contribution in [0.5, 0.6) is 0 Å². The Morgan fingerprint density at radius 1 is 1.29 bits per heavy atom. The molecule has 0 unspecified atom stereocenters. The van der Waals surface area contributed by atoms with Gasteiger partial charge in [0.2, 0.25) is 5.91 Å². The molecule has 0 aliphatic rings. The van der Waals surface area contributed by atoms with Crippen LogP contribution in [0.2, 0.25) is 0 Å². The van der Waals surface area contributed by atoms with Gasteiger partial charge in [-0.15, -0.1) is 6.58 Å². The number of amides is 3. The number of nitrogens with zero attached hydrogens (tertiary/aromatic N) is 1. The van der Waals surface area contributed by atoms with E-state index >= 15 is 0 Å². The van der Waals surface area contributed by atoms with Crippen molar-refractivity contribution >= 4 is 17.9 Å². The van der Waals surface area contributed by atoms with Crippen LogP contribution in [0.25, 0.3) is 0 Å². The van der Waals surface area contributed by atoms with Crippen molar-refractivity contribution < 1.29 is 19.5 Å². The molecular weight excluding hydrogens is 226 g/mol. The molecule has 0 aliphatic heterocycles. The quantitative estimate of drug-likeness (QED) is 0.411. The average Bonchev–Trinajstić information content (AvgIpc) is 2.22. The van der Waals surface area contributed by atoms with Crippen molar-refractivity contribution in [3.63, 3.8) is 0 Å². The molecule has 0 fully saturated rings. The van der Waals surface area contributed by atoms with Crippen molar-refractivity contribution in [3.05, 3.63) is 12.7 Å². The third-order valence-corrected chi connectivity index (χ3v) is 1.74. The van der Waals surface area contributed by atoms with Crippen molar-refractivity contribution in [1.29, 1.82) is 0 Å². The number of hydrogen-bond acceptors (Lipinski definition) is 3. The van der Waals surface area contributed by atoms with Crippen LogP contribution < -0.4 is 10.6 Å². The lowest BCUT2D eigenvalue weighted by molar-refractivity contribution is -0.137. The molecule has 96 valence electrons. The third kappa shape index (κ3) is 7.83. The first-order valence-electron chi connectivity index (χ1n) is 5.07. The molecule has 0 aromatic rings. The molecule has 0 heterocycles. The van der Waals surface area contributed by atoms with E-state index in [1.54, 1.807) is 0 Å². The zero-order valence-electron chi connectivity index (χ0n) is 9.73. The van der Waals surface area contributed by atoms with Gasteiger partial charge >= 0.3 is 12.0 Å². The van der Waals surface area contributed by atoms with E-state index in [0.29, 0.717) is 6.54 Å². The Kier molecular flexibility index (Phi) is 7.16. The monoisotopic (exact) mass is 243 g/mol. The lowest BCUT2D eigenvalue weighted by Gasteiger charge is -2.19. The maximum Gasteiger partial charge on any atom is 0.323 e. The van der Waals surface area contributed by atoms with Crippen molar-refractivity contribution in [2.24, 2.45) is 0 Å². The van der Waals surface area contributed by atoms with Gasteiger partial charge in [-0.05, 0) is 0 Å². The lowest BCUT2D eigenvalue weighted by atomic mass is 10.4. The molecule has 0 radical (unpaired) electrons. The van der Waals surface area contributed by atoms with E-state index in [4.69, 9.17) is 5.11 Å². The molecule has 17 heavy (non-hydrogen) atoms. The van der Waals surface area contributed by atoms with Crippen LogP contribution in [0.1, 0.15) is 6.92 Å². The Bertz CT molecular complexity index is 304. The molecule has 0 aromatic heterocycles. The molecule has 7 heteroatoms. The van der Waals surface area contributed by atoms with Crippen molar-refractivity contribution in [2.45, 2.75) is 6.92 Å². The largest absolute Gasteiger partial charge is 0.480 e. The smallest absolute Gasteiger partial charge is 0.323 e. The standard InChI is InChI=1S/C10H17N3O4/c1-3-6-13(7-9(15)16)10(17)12-5-4-11-8(2)14/h3H,1,4-7H2,2H3,(H,11,14)(H,12,17)(H,15,16). The average molecular weight is 243 g/mol. The van der Waals surface area contributed by atoms with Gasteiger partial charge in [-0.1, -0.05) is 6.08 Å². The van der Waals surface area contributed by atoms with E-state index in [-0.39, 0.29) is 19.0 Å². The van der Waals surface area contributed by atoms with Crippen molar-refractivity contribution in [3.8, 4) is 0 Å². The van der Waals surface area contributed by atoms with Crippen LogP contribution in [0.4, 0.5) is 4.79 Å². The minimum Gasteiger partial charge on any atom is -0.480 e. The second kappa shape index (κ2) is 8.14. The normalized spacial score (nSPS) is 9.24. The zero-order valence-corrected chi connectivity index (χ0v) is 9.73. The number of aliphatic carboxylic acids is 1. The van der Waals surface area contributed by atoms with Gasteiger partial charge in [0, 0.05) is 26.6 Å². The highest BCUT2D eigenvalue weighted by Crippen LogP contribution is 1.89. The summed E-state index contributed by atoms with van der Waals surface area (Å²) in [4.78, 5) is 33.6. The predicted octanol–water partition coefficient (Wildman–Crippen LogP) is -0.595. The molecule has 0 saturated heterocycles. The molecule has 0 bridgehead atoms. The zero-order chi connectivity index (χ0) is 13.3. The van der Waals surface area contributed by atoms with Gasteiger partial charge < -0.3 is 20.6 Å². The fraction of sp³-hybridized carbons (Fsp3) is 0.500. The summed E-state index contributed by atoms with van der Waals surface area (Å²) in [6, 6.07) is -0.502. The Morgan fingerprint density at radius 2 is 1.88 bits per heavy atom. The van der Waals surface area contributed by atoms with Crippen LogP contribution in [-0.4, -0.2) is 54.1 Å². The summed E-state index contributed by atoms with van der Waals surface area (Å²) >= 11 is 0. The van der Waals surface area contributed by atoms with Crippen LogP contribution in [0.3, 0.4) is 0 Å². The first-order valence-corrected chi connectivity index (χ1v) is 5.07. The Balaban J connectivity index is 4.00. The summed E-state index contributed by atoms with van der Waals surface area (Å²) in [6.45, 7) is 5.11. The number of urea groups is 1. The van der Waals surface area contributed by atoms with E-state index in [9.17, 15) is 14.4 Å². The van der Waals surface area contributed by atoms with Gasteiger partial charge in [-0.2, -0.15) is 0 Å². The van der Waals surface area contributed by atoms with Crippen LogP contribution in [-0.2, 0) is 9.59 Å². The third-order valence-electron chi connectivity index (χ3n) is 1.74. The second-order valence-corrected chi connectivity index (χ2v) is 3.28. The summed E-state index contributed by atoms with van der Waals surface area (Å²) in [5.41, 5.74) is 0. The maximum atomic E-state index is 11.5. The fourth-order valence-corrected chi connectivity index (χ4v) is 1.06. The summed E-state index contributed by atoms with van der Waals surface area (Å²) in [5, 5.41) is 13.6. The number of nitrogens with one attached hydrogen (secondary N) is 2. The number of carboxylic acids is 1. The minimum absolute atomic E-state index is 0.151. The maximum absolute atomic E-state index is 11.5. The minimum atomic E-state index is -1.09. The first-order chi connectivity index (χ1) is 7.97. The topological polar surface area (TPSA) is 98.7 Å². The molecule has 0 aromatic carbocycles. The van der Waals surface area contributed by atoms with E-state index in [0.717, 1.165) is 4.90 Å². The number of hydrogen-bond donors (Lipinski definition) is 3. The highest BCUT2D eigenvalue weighted by atomic mass is 16.4. The molecule has 0 aliphatic carbocycles. The van der Waals surface area contributed by atoms with E-state index in [2.05, 4.69) is 17.2 Å². The van der Waals surface area contributed by atoms with E-state index < -0.39 is 18.5 Å². The van der Waals surface area contributed by atoms with Crippen molar-refractivity contribution in [2.75, 3.05) is 26.2 Å². The van der Waals surface area contributed by atoms with E-state index in [1.807, 2.05) is 0 Å². The van der Waals surface area contributed by atoms with Crippen LogP contribution in [0.15, 0.2) is 12.7 Å². The predicted molar refractivity (Wildman–Crippen MR) is 61.5 cm³/mol. The van der Waals surface area contributed by atoms with Crippen molar-refractivity contribution in [1.82, 2.24) is 15.5 Å². The molecule has 0 saturated carbocycles. The molecule has 0 rings (SSSR count). The summed E-state index contributed by atoms with van der Waals surface area (Å²) in [5.74, 6) is -1.28. The SMILES string of the molecule is C=CCN(CC(=O)O)C(=O)NCCNC(C)=O. The highest BCUT2D eigenvalue weighted by molar-refractivity contribution is 5.80. The van der Waals surface area contributed by atoms with Gasteiger partial charge in [0.25, 0.3) is 0 Å². The van der Waals surface area contributed by atoms with E-state index in [1.165, 1.54) is 13.0 Å².